The van der Waals surface area contributed by atoms with Gasteiger partial charge in [-0.25, -0.2) is 0 Å². The molecule has 0 aliphatic carbocycles. The van der Waals surface area contributed by atoms with Crippen LogP contribution in [0.3, 0.4) is 0 Å². The van der Waals surface area contributed by atoms with Crippen molar-refractivity contribution in [3.63, 3.8) is 0 Å². The highest BCUT2D eigenvalue weighted by atomic mass is 16.5. The van der Waals surface area contributed by atoms with Crippen LogP contribution in [0.15, 0.2) is 60.7 Å². The van der Waals surface area contributed by atoms with E-state index in [-0.39, 0.29) is 23.7 Å². The summed E-state index contributed by atoms with van der Waals surface area (Å²) < 4.78 is 11.1. The summed E-state index contributed by atoms with van der Waals surface area (Å²) in [6, 6.07) is 19.2. The van der Waals surface area contributed by atoms with E-state index in [2.05, 4.69) is 6.07 Å². The molecule has 0 bridgehead atoms. The lowest BCUT2D eigenvalue weighted by Crippen LogP contribution is -2.39. The number of hydrogen-bond donors (Lipinski definition) is 1. The van der Waals surface area contributed by atoms with Gasteiger partial charge in [0.25, 0.3) is 0 Å². The summed E-state index contributed by atoms with van der Waals surface area (Å²) in [5.74, 6) is 0.750. The van der Waals surface area contributed by atoms with Crippen molar-refractivity contribution in [3.8, 4) is 11.5 Å². The molecule has 1 saturated heterocycles. The molecule has 1 N–H and O–H groups in total. The Morgan fingerprint density at radius 3 is 2.68 bits per heavy atom. The van der Waals surface area contributed by atoms with Gasteiger partial charge in [0.15, 0.2) is 0 Å². The summed E-state index contributed by atoms with van der Waals surface area (Å²) in [6.45, 7) is 3.58. The van der Waals surface area contributed by atoms with Gasteiger partial charge in [-0.2, -0.15) is 0 Å². The monoisotopic (exact) mass is 419 g/mol. The van der Waals surface area contributed by atoms with Crippen molar-refractivity contribution in [1.82, 2.24) is 4.90 Å². The molecule has 1 aliphatic rings. The van der Waals surface area contributed by atoms with Gasteiger partial charge < -0.3 is 19.5 Å². The van der Waals surface area contributed by atoms with Crippen LogP contribution < -0.4 is 4.74 Å². The molecule has 3 aromatic rings. The highest BCUT2D eigenvalue weighted by Gasteiger charge is 2.27. The minimum absolute atomic E-state index is 0.0339. The third-order valence-electron chi connectivity index (χ3n) is 6.05. The van der Waals surface area contributed by atoms with Crippen molar-refractivity contribution in [3.05, 3.63) is 71.8 Å². The van der Waals surface area contributed by atoms with Gasteiger partial charge in [-0.15, -0.1) is 0 Å². The molecule has 1 fully saturated rings. The van der Waals surface area contributed by atoms with Gasteiger partial charge in [-0.1, -0.05) is 42.5 Å². The zero-order valence-electron chi connectivity index (χ0n) is 18.1. The number of rotatable bonds is 7. The second-order valence-corrected chi connectivity index (χ2v) is 8.18. The summed E-state index contributed by atoms with van der Waals surface area (Å²) in [7, 11) is 1.66. The van der Waals surface area contributed by atoms with Gasteiger partial charge in [0, 0.05) is 25.3 Å². The molecule has 0 saturated carbocycles. The number of carbonyl (C=O) groups excluding carboxylic acids is 1. The number of amides is 1. The van der Waals surface area contributed by atoms with Crippen LogP contribution in [0.1, 0.15) is 36.8 Å². The molecule has 0 aromatic heterocycles. The molecular weight excluding hydrogens is 390 g/mol. The fraction of sp³-hybridized carbons (Fsp3) is 0.346. The lowest BCUT2D eigenvalue weighted by atomic mass is 9.96. The smallest absolute Gasteiger partial charge is 0.230 e. The third kappa shape index (κ3) is 4.83. The number of aromatic hydroxyl groups is 1. The first-order valence-corrected chi connectivity index (χ1v) is 10.8. The molecule has 2 atom stereocenters. The molecule has 3 aromatic carbocycles. The van der Waals surface area contributed by atoms with Gasteiger partial charge in [-0.05, 0) is 54.3 Å². The molecule has 1 aliphatic heterocycles. The zero-order chi connectivity index (χ0) is 21.8. The average molecular weight is 420 g/mol. The zero-order valence-corrected chi connectivity index (χ0v) is 18.1. The predicted octanol–water partition coefficient (Wildman–Crippen LogP) is 4.87. The minimum Gasteiger partial charge on any atom is -0.508 e. The molecule has 162 valence electrons. The van der Waals surface area contributed by atoms with Crippen LogP contribution in [-0.2, 0) is 16.1 Å². The van der Waals surface area contributed by atoms with Crippen LogP contribution in [0.2, 0.25) is 0 Å². The van der Waals surface area contributed by atoms with E-state index in [4.69, 9.17) is 9.47 Å². The Morgan fingerprint density at radius 2 is 1.94 bits per heavy atom. The third-order valence-corrected chi connectivity index (χ3v) is 6.05. The SMILES string of the molecule is COc1ccc2cc([C@H](C)C(=O)N(Cc3ccccc3O)CC3CCCO3)ccc2c1. The van der Waals surface area contributed by atoms with E-state index in [1.807, 2.05) is 54.3 Å². The second kappa shape index (κ2) is 9.40. The number of methoxy groups -OCH3 is 1. The number of para-hydroxylation sites is 1. The predicted molar refractivity (Wildman–Crippen MR) is 121 cm³/mol. The van der Waals surface area contributed by atoms with Gasteiger partial charge in [0.05, 0.1) is 19.1 Å². The lowest BCUT2D eigenvalue weighted by Gasteiger charge is -2.29. The normalized spacial score (nSPS) is 16.9. The molecule has 1 heterocycles. The van der Waals surface area contributed by atoms with Crippen LogP contribution in [0.4, 0.5) is 0 Å². The van der Waals surface area contributed by atoms with Gasteiger partial charge in [0.1, 0.15) is 11.5 Å². The van der Waals surface area contributed by atoms with Gasteiger partial charge in [-0.3, -0.25) is 4.79 Å². The van der Waals surface area contributed by atoms with Crippen molar-refractivity contribution in [2.45, 2.75) is 38.3 Å². The van der Waals surface area contributed by atoms with E-state index < -0.39 is 0 Å². The maximum absolute atomic E-state index is 13.6. The molecule has 4 rings (SSSR count). The summed E-state index contributed by atoms with van der Waals surface area (Å²) in [6.07, 6.45) is 2.02. The number of benzene rings is 3. The molecule has 31 heavy (non-hydrogen) atoms. The highest BCUT2D eigenvalue weighted by Crippen LogP contribution is 2.28. The van der Waals surface area contributed by atoms with Crippen LogP contribution in [0, 0.1) is 0 Å². The number of nitrogens with zero attached hydrogens (tertiary/aromatic N) is 1. The van der Waals surface area contributed by atoms with E-state index in [0.717, 1.165) is 47.1 Å². The van der Waals surface area contributed by atoms with Crippen molar-refractivity contribution in [2.24, 2.45) is 0 Å². The number of hydrogen-bond acceptors (Lipinski definition) is 4. The quantitative estimate of drug-likeness (QED) is 0.594. The van der Waals surface area contributed by atoms with Crippen molar-refractivity contribution >= 4 is 16.7 Å². The Balaban J connectivity index is 1.58. The summed E-state index contributed by atoms with van der Waals surface area (Å²) in [5.41, 5.74) is 1.71. The van der Waals surface area contributed by atoms with E-state index >= 15 is 0 Å². The minimum atomic E-state index is -0.307. The fourth-order valence-corrected chi connectivity index (χ4v) is 4.17. The molecule has 1 unspecified atom stereocenters. The maximum Gasteiger partial charge on any atom is 0.230 e. The molecule has 5 heteroatoms. The topological polar surface area (TPSA) is 59.0 Å². The summed E-state index contributed by atoms with van der Waals surface area (Å²) in [4.78, 5) is 15.4. The molecule has 0 radical (unpaired) electrons. The van der Waals surface area contributed by atoms with Gasteiger partial charge in [0.2, 0.25) is 5.91 Å². The second-order valence-electron chi connectivity index (χ2n) is 8.18. The van der Waals surface area contributed by atoms with Crippen LogP contribution in [0.25, 0.3) is 10.8 Å². The summed E-state index contributed by atoms with van der Waals surface area (Å²) >= 11 is 0. The van der Waals surface area contributed by atoms with Crippen molar-refractivity contribution in [1.29, 1.82) is 0 Å². The Morgan fingerprint density at radius 1 is 1.16 bits per heavy atom. The van der Waals surface area contributed by atoms with E-state index in [1.165, 1.54) is 0 Å². The van der Waals surface area contributed by atoms with E-state index in [9.17, 15) is 9.90 Å². The van der Waals surface area contributed by atoms with Crippen LogP contribution in [-0.4, -0.2) is 42.3 Å². The van der Waals surface area contributed by atoms with Crippen LogP contribution in [0.5, 0.6) is 11.5 Å². The Labute approximate surface area is 183 Å². The standard InChI is InChI=1S/C26H29NO4/c1-18(19-9-10-21-15-23(30-2)12-11-20(21)14-19)26(29)27(17-24-7-5-13-31-24)16-22-6-3-4-8-25(22)28/h3-4,6,8-12,14-15,18,24,28H,5,7,13,16-17H2,1-2H3/t18-,24?/m0/s1. The van der Waals surface area contributed by atoms with Crippen molar-refractivity contribution in [2.75, 3.05) is 20.3 Å². The largest absolute Gasteiger partial charge is 0.508 e. The first-order chi connectivity index (χ1) is 15.0. The maximum atomic E-state index is 13.6. The molecular formula is C26H29NO4. The number of phenolic OH excluding ortho intramolecular Hbond substituents is 1. The van der Waals surface area contributed by atoms with E-state index in [0.29, 0.717) is 13.1 Å². The Kier molecular flexibility index (Phi) is 6.42. The average Bonchev–Trinajstić information content (AvgIpc) is 3.31. The first kappa shape index (κ1) is 21.2. The highest BCUT2D eigenvalue weighted by molar-refractivity contribution is 5.88. The Hall–Kier alpha value is -3.05. The number of ether oxygens (including phenoxy) is 2. The molecule has 1 amide bonds. The fourth-order valence-electron chi connectivity index (χ4n) is 4.17. The number of carbonyl (C=O) groups is 1. The number of phenols is 1. The summed E-state index contributed by atoms with van der Waals surface area (Å²) in [5, 5.41) is 12.4. The van der Waals surface area contributed by atoms with E-state index in [1.54, 1.807) is 19.2 Å². The Bertz CT molecular complexity index is 1060. The van der Waals surface area contributed by atoms with Crippen molar-refractivity contribution < 1.29 is 19.4 Å². The lowest BCUT2D eigenvalue weighted by molar-refractivity contribution is -0.134. The molecule has 0 spiro atoms. The number of fused-ring (bicyclic) bond motifs is 1. The first-order valence-electron chi connectivity index (χ1n) is 10.8. The van der Waals surface area contributed by atoms with Crippen LogP contribution >= 0.6 is 0 Å². The van der Waals surface area contributed by atoms with Gasteiger partial charge >= 0.3 is 0 Å². The molecule has 5 nitrogen and oxygen atoms in total.